The first-order chi connectivity index (χ1) is 13.4. The Morgan fingerprint density at radius 3 is 2.82 bits per heavy atom. The van der Waals surface area contributed by atoms with E-state index in [-0.39, 0.29) is 47.5 Å². The number of esters is 1. The molecule has 0 aromatic carbocycles. The number of anilines is 2. The molecule has 0 saturated carbocycles. The zero-order valence-electron chi connectivity index (χ0n) is 16.0. The highest BCUT2D eigenvalue weighted by Gasteiger charge is 2.35. The molecule has 1 saturated heterocycles. The topological polar surface area (TPSA) is 133 Å². The van der Waals surface area contributed by atoms with Crippen LogP contribution in [0.25, 0.3) is 0 Å². The van der Waals surface area contributed by atoms with Crippen molar-refractivity contribution in [2.24, 2.45) is 5.92 Å². The van der Waals surface area contributed by atoms with E-state index in [0.29, 0.717) is 32.7 Å². The molecule has 2 atom stereocenters. The van der Waals surface area contributed by atoms with Crippen molar-refractivity contribution in [2.75, 3.05) is 36.5 Å². The Morgan fingerprint density at radius 2 is 2.11 bits per heavy atom. The highest BCUT2D eigenvalue weighted by atomic mass is 16.5. The Bertz CT molecular complexity index is 836. The summed E-state index contributed by atoms with van der Waals surface area (Å²) < 4.78 is 5.10. The predicted octanol–water partition coefficient (Wildman–Crippen LogP) is 0.111. The van der Waals surface area contributed by atoms with Gasteiger partial charge in [-0.3, -0.25) is 24.2 Å². The summed E-state index contributed by atoms with van der Waals surface area (Å²) in [6, 6.07) is 0. The predicted molar refractivity (Wildman–Crippen MR) is 101 cm³/mol. The van der Waals surface area contributed by atoms with Gasteiger partial charge in [-0.15, -0.1) is 0 Å². The molecule has 0 bridgehead atoms. The minimum atomic E-state index is -0.873. The van der Waals surface area contributed by atoms with E-state index in [1.54, 1.807) is 18.7 Å². The molecule has 28 heavy (non-hydrogen) atoms. The van der Waals surface area contributed by atoms with E-state index in [0.717, 1.165) is 6.42 Å². The van der Waals surface area contributed by atoms with Crippen LogP contribution in [0.5, 0.6) is 0 Å². The molecular weight excluding hydrogens is 366 g/mol. The number of aromatic amines is 1. The van der Waals surface area contributed by atoms with Crippen molar-refractivity contribution in [1.29, 1.82) is 0 Å². The first-order valence-electron chi connectivity index (χ1n) is 9.57. The largest absolute Gasteiger partial charge is 0.466 e. The third-order valence-electron chi connectivity index (χ3n) is 4.95. The number of rotatable bonds is 5. The van der Waals surface area contributed by atoms with Crippen LogP contribution in [-0.4, -0.2) is 54.0 Å². The molecular formula is C18H25N5O5. The van der Waals surface area contributed by atoms with Crippen molar-refractivity contribution in [3.63, 3.8) is 0 Å². The molecule has 3 heterocycles. The molecule has 0 radical (unpaired) electrons. The molecule has 2 aliphatic heterocycles. The summed E-state index contributed by atoms with van der Waals surface area (Å²) in [5.41, 5.74) is -0.303. The Labute approximate surface area is 162 Å². The molecule has 10 heteroatoms. The molecule has 0 aliphatic carbocycles. The van der Waals surface area contributed by atoms with Gasteiger partial charge in [0.15, 0.2) is 0 Å². The second-order valence-electron chi connectivity index (χ2n) is 6.89. The van der Waals surface area contributed by atoms with Crippen LogP contribution in [0.15, 0.2) is 4.79 Å². The number of amides is 2. The van der Waals surface area contributed by atoms with E-state index in [9.17, 15) is 19.2 Å². The highest BCUT2D eigenvalue weighted by Crippen LogP contribution is 2.30. The maximum Gasteiger partial charge on any atom is 0.310 e. The Kier molecular flexibility index (Phi) is 5.96. The number of carbonyl (C=O) groups excluding carboxylic acids is 3. The first-order valence-corrected chi connectivity index (χ1v) is 9.57. The van der Waals surface area contributed by atoms with Crippen LogP contribution in [0.2, 0.25) is 0 Å². The molecule has 3 N–H and O–H groups in total. The number of H-pyrrole nitrogens is 1. The van der Waals surface area contributed by atoms with Crippen molar-refractivity contribution < 1.29 is 19.1 Å². The Hall–Kier alpha value is -2.91. The second kappa shape index (κ2) is 8.41. The average Bonchev–Trinajstić information content (AvgIpc) is 2.67. The number of nitrogens with one attached hydrogen (secondary N) is 3. The van der Waals surface area contributed by atoms with Crippen molar-refractivity contribution >= 4 is 29.5 Å². The van der Waals surface area contributed by atoms with Gasteiger partial charge in [-0.1, -0.05) is 0 Å². The summed E-state index contributed by atoms with van der Waals surface area (Å²) in [5, 5.41) is 5.24. The molecule has 152 valence electrons. The van der Waals surface area contributed by atoms with Crippen LogP contribution < -0.4 is 21.1 Å². The number of likely N-dealkylation sites (N-methyl/N-ethyl adjacent to an activating group) is 1. The van der Waals surface area contributed by atoms with Crippen LogP contribution in [0.3, 0.4) is 0 Å². The van der Waals surface area contributed by atoms with Gasteiger partial charge in [0, 0.05) is 26.1 Å². The minimum absolute atomic E-state index is 0.0996. The number of piperidine rings is 1. The van der Waals surface area contributed by atoms with Gasteiger partial charge in [0.25, 0.3) is 5.56 Å². The zero-order valence-corrected chi connectivity index (χ0v) is 16.0. The smallest absolute Gasteiger partial charge is 0.310 e. The zero-order chi connectivity index (χ0) is 20.3. The van der Waals surface area contributed by atoms with Crippen LogP contribution in [0.1, 0.15) is 44.6 Å². The maximum atomic E-state index is 12.7. The number of nitrogens with zero attached hydrogens (tertiary/aromatic N) is 2. The maximum absolute atomic E-state index is 12.7. The van der Waals surface area contributed by atoms with Crippen molar-refractivity contribution in [3.05, 3.63) is 15.9 Å². The summed E-state index contributed by atoms with van der Waals surface area (Å²) >= 11 is 0. The van der Waals surface area contributed by atoms with E-state index < -0.39 is 11.5 Å². The van der Waals surface area contributed by atoms with Gasteiger partial charge in [-0.05, 0) is 26.7 Å². The molecule has 0 unspecified atom stereocenters. The SMILES string of the molecule is CCNC(=O)[C@@H]1CC(=O)Nc2nc(N3CCC[C@H](C(=O)OCC)C3)[nH]c(=O)c21. The lowest BCUT2D eigenvalue weighted by atomic mass is 9.92. The third-order valence-corrected chi connectivity index (χ3v) is 4.95. The van der Waals surface area contributed by atoms with Crippen LogP contribution in [-0.2, 0) is 19.1 Å². The van der Waals surface area contributed by atoms with Crippen molar-refractivity contribution in [2.45, 2.75) is 39.0 Å². The van der Waals surface area contributed by atoms with E-state index in [1.807, 2.05) is 0 Å². The van der Waals surface area contributed by atoms with Crippen LogP contribution in [0, 0.1) is 5.92 Å². The summed E-state index contributed by atoms with van der Waals surface area (Å²) in [7, 11) is 0. The van der Waals surface area contributed by atoms with Gasteiger partial charge >= 0.3 is 5.97 Å². The molecule has 1 aromatic rings. The molecule has 1 aromatic heterocycles. The number of fused-ring (bicyclic) bond motifs is 1. The fraction of sp³-hybridized carbons (Fsp3) is 0.611. The summed E-state index contributed by atoms with van der Waals surface area (Å²) in [4.78, 5) is 58.0. The molecule has 10 nitrogen and oxygen atoms in total. The van der Waals surface area contributed by atoms with Crippen LogP contribution in [0.4, 0.5) is 11.8 Å². The van der Waals surface area contributed by atoms with Gasteiger partial charge in [0.05, 0.1) is 24.0 Å². The molecule has 2 aliphatic rings. The highest BCUT2D eigenvalue weighted by molar-refractivity contribution is 6.00. The number of ether oxygens (including phenoxy) is 1. The summed E-state index contributed by atoms with van der Waals surface area (Å²) in [5.74, 6) is -1.80. The average molecular weight is 391 g/mol. The standard InChI is InChI=1S/C18H25N5O5/c1-3-19-15(25)11-8-12(24)20-14-13(11)16(26)22-18(21-14)23-7-5-6-10(9-23)17(27)28-4-2/h10-11H,3-9H2,1-2H3,(H,19,25)(H2,20,21,22,24,26)/t10-,11+/m0/s1. The van der Waals surface area contributed by atoms with E-state index >= 15 is 0 Å². The summed E-state index contributed by atoms with van der Waals surface area (Å²) in [6.45, 7) is 5.23. The summed E-state index contributed by atoms with van der Waals surface area (Å²) in [6.07, 6.45) is 1.36. The van der Waals surface area contributed by atoms with Crippen molar-refractivity contribution in [3.8, 4) is 0 Å². The Balaban J connectivity index is 1.89. The lowest BCUT2D eigenvalue weighted by Gasteiger charge is -2.32. The van der Waals surface area contributed by atoms with Crippen molar-refractivity contribution in [1.82, 2.24) is 15.3 Å². The van der Waals surface area contributed by atoms with E-state index in [4.69, 9.17) is 4.74 Å². The second-order valence-corrected chi connectivity index (χ2v) is 6.89. The quantitative estimate of drug-likeness (QED) is 0.607. The van der Waals surface area contributed by atoms with Crippen LogP contribution >= 0.6 is 0 Å². The monoisotopic (exact) mass is 391 g/mol. The minimum Gasteiger partial charge on any atom is -0.466 e. The lowest BCUT2D eigenvalue weighted by molar-refractivity contribution is -0.148. The van der Waals surface area contributed by atoms with Gasteiger partial charge in [-0.2, -0.15) is 4.98 Å². The van der Waals surface area contributed by atoms with Gasteiger partial charge in [-0.25, -0.2) is 0 Å². The van der Waals surface area contributed by atoms with E-state index in [2.05, 4.69) is 20.6 Å². The number of carbonyl (C=O) groups is 3. The molecule has 0 spiro atoms. The van der Waals surface area contributed by atoms with E-state index in [1.165, 1.54) is 0 Å². The Morgan fingerprint density at radius 1 is 1.32 bits per heavy atom. The van der Waals surface area contributed by atoms with Gasteiger partial charge < -0.3 is 20.3 Å². The lowest BCUT2D eigenvalue weighted by Crippen LogP contribution is -2.43. The van der Waals surface area contributed by atoms with Gasteiger partial charge in [0.1, 0.15) is 5.82 Å². The fourth-order valence-electron chi connectivity index (χ4n) is 3.65. The number of hydrogen-bond donors (Lipinski definition) is 3. The normalized spacial score (nSPS) is 21.5. The first kappa shape index (κ1) is 19.8. The number of hydrogen-bond acceptors (Lipinski definition) is 7. The van der Waals surface area contributed by atoms with Gasteiger partial charge in [0.2, 0.25) is 17.8 Å². The number of aromatic nitrogens is 2. The molecule has 2 amide bonds. The molecule has 1 fully saturated rings. The third kappa shape index (κ3) is 4.00. The fourth-order valence-corrected chi connectivity index (χ4v) is 3.65. The molecule has 3 rings (SSSR count).